The highest BCUT2D eigenvalue weighted by molar-refractivity contribution is 5.79. The number of carbonyl (C=O) groups excluding carboxylic acids is 1. The van der Waals surface area contributed by atoms with Gasteiger partial charge in [-0.05, 0) is 135 Å². The van der Waals surface area contributed by atoms with Crippen molar-refractivity contribution in [2.75, 3.05) is 52.3 Å². The molecule has 0 radical (unpaired) electrons. The molecule has 6 atom stereocenters. The lowest BCUT2D eigenvalue weighted by atomic mass is 9.86. The van der Waals surface area contributed by atoms with Crippen LogP contribution in [0.1, 0.15) is 55.3 Å². The first-order valence-corrected chi connectivity index (χ1v) is 19.3. The Morgan fingerprint density at radius 1 is 0.643 bits per heavy atom. The fraction of sp³-hybridized carbons (Fsp3) is 0.500. The van der Waals surface area contributed by atoms with Gasteiger partial charge in [0.25, 0.3) is 0 Å². The Balaban J connectivity index is 1.17. The average Bonchev–Trinajstić information content (AvgIpc) is 3.88. The number of aliphatic carboxylic acids is 3. The topological polar surface area (TPSA) is 178 Å². The molecule has 0 saturated carbocycles. The zero-order chi connectivity index (χ0) is 44.8. The molecule has 0 spiro atoms. The van der Waals surface area contributed by atoms with E-state index in [1.54, 1.807) is 59.5 Å². The smallest absolute Gasteiger partial charge is 0.307 e. The molecule has 3 aliphatic heterocycles. The van der Waals surface area contributed by atoms with Gasteiger partial charge in [0.2, 0.25) is 5.91 Å². The highest BCUT2D eigenvalue weighted by Crippen LogP contribution is 2.27. The maximum atomic E-state index is 14.2. The summed E-state index contributed by atoms with van der Waals surface area (Å²) in [6.45, 7) is -3.77. The number of hydrogen-bond acceptors (Lipinski definition) is 8. The molecule has 12 heteroatoms. The molecule has 0 aromatic heterocycles. The van der Waals surface area contributed by atoms with E-state index in [-0.39, 0.29) is 96.1 Å². The van der Waals surface area contributed by atoms with Crippen LogP contribution in [0.15, 0.2) is 72.8 Å². The molecule has 0 aliphatic carbocycles. The van der Waals surface area contributed by atoms with E-state index in [0.29, 0.717) is 22.4 Å². The molecule has 56 heavy (non-hydrogen) atoms. The van der Waals surface area contributed by atoms with Gasteiger partial charge in [-0.25, -0.2) is 0 Å². The number of hydrogen-bond donors (Lipinski definition) is 6. The number of amides is 1. The number of ether oxygens (including phenoxy) is 1. The molecule has 3 aliphatic rings. The number of carboxylic acid groups (broad SMARTS) is 3. The number of nitrogens with one attached hydrogen (secondary N) is 3. The Hall–Kier alpha value is -4.78. The summed E-state index contributed by atoms with van der Waals surface area (Å²) in [5, 5.41) is 38.4. The third-order valence-electron chi connectivity index (χ3n) is 11.2. The second kappa shape index (κ2) is 19.9. The summed E-state index contributed by atoms with van der Waals surface area (Å²) in [6, 6.07) is 21.5. The van der Waals surface area contributed by atoms with Crippen molar-refractivity contribution >= 4 is 23.8 Å². The molecular formula is C44H56N4O8. The van der Waals surface area contributed by atoms with Crippen LogP contribution in [-0.4, -0.2) is 96.3 Å². The molecule has 6 rings (SSSR count). The third kappa shape index (κ3) is 11.4. The molecule has 3 aromatic rings. The Labute approximate surface area is 337 Å². The first-order valence-electron chi connectivity index (χ1n) is 22.3. The van der Waals surface area contributed by atoms with Gasteiger partial charge in [0.15, 0.2) is 0 Å². The van der Waals surface area contributed by atoms with Gasteiger partial charge in [-0.15, -0.1) is 0 Å². The van der Waals surface area contributed by atoms with Crippen LogP contribution in [0.25, 0.3) is 0 Å². The number of carbonyl (C=O) groups is 4. The number of benzene rings is 3. The summed E-state index contributed by atoms with van der Waals surface area (Å²) in [5.41, 5.74) is 3.57. The lowest BCUT2D eigenvalue weighted by molar-refractivity contribution is -0.144. The van der Waals surface area contributed by atoms with Crippen molar-refractivity contribution in [1.29, 1.82) is 0 Å². The summed E-state index contributed by atoms with van der Waals surface area (Å²) in [6.07, 6.45) is 0.767. The summed E-state index contributed by atoms with van der Waals surface area (Å²) < 4.78 is 54.1. The average molecular weight is 775 g/mol. The fourth-order valence-electron chi connectivity index (χ4n) is 7.97. The van der Waals surface area contributed by atoms with E-state index in [0.717, 1.165) is 11.1 Å². The quantitative estimate of drug-likeness (QED) is 0.0982. The lowest BCUT2D eigenvalue weighted by Crippen LogP contribution is -2.35. The molecule has 0 bridgehead atoms. The second-order valence-corrected chi connectivity index (χ2v) is 15.1. The van der Waals surface area contributed by atoms with Gasteiger partial charge in [-0.3, -0.25) is 19.2 Å². The van der Waals surface area contributed by atoms with Crippen LogP contribution in [-0.2, 0) is 51.4 Å². The van der Waals surface area contributed by atoms with E-state index in [9.17, 15) is 34.5 Å². The van der Waals surface area contributed by atoms with E-state index in [1.165, 1.54) is 0 Å². The summed E-state index contributed by atoms with van der Waals surface area (Å²) in [7, 11) is 0. The van der Waals surface area contributed by atoms with Crippen LogP contribution in [0, 0.1) is 35.5 Å². The van der Waals surface area contributed by atoms with Gasteiger partial charge in [0.1, 0.15) is 12.4 Å². The van der Waals surface area contributed by atoms with Crippen molar-refractivity contribution in [3.8, 4) is 5.75 Å². The standard InChI is InChI=1S/C44H56N4O8/c49-41(24-31-6-1-4-29(18-31)21-38(42(50)51)34-10-13-45-25-34)48(28-33-8-2-5-30(19-33)22-39(43(52)53)35-11-14-46-26-35)16-17-56-37-9-3-7-32(20-37)23-40(44(54)55)36-12-15-47-27-36/h1-9,18-20,34-36,38-40,45-47H,10-17,21-28H2,(H,50,51)(H,52,53)(H,54,55)/t34-,35-,36-,38-,39-,40-/m0/s1/i13D2,14D2,15D2. The maximum Gasteiger partial charge on any atom is 0.307 e. The largest absolute Gasteiger partial charge is 0.492 e. The van der Waals surface area contributed by atoms with E-state index in [2.05, 4.69) is 16.0 Å². The summed E-state index contributed by atoms with van der Waals surface area (Å²) in [5.74, 6) is -6.43. The first-order chi connectivity index (χ1) is 29.2. The molecule has 300 valence electrons. The molecule has 12 nitrogen and oxygen atoms in total. The molecule has 3 aromatic carbocycles. The van der Waals surface area contributed by atoms with E-state index in [4.69, 9.17) is 13.0 Å². The molecule has 0 unspecified atom stereocenters. The minimum atomic E-state index is -1.64. The van der Waals surface area contributed by atoms with Crippen molar-refractivity contribution in [2.24, 2.45) is 35.5 Å². The molecule has 1 amide bonds. The predicted octanol–water partition coefficient (Wildman–Crippen LogP) is 3.90. The monoisotopic (exact) mass is 774 g/mol. The maximum absolute atomic E-state index is 14.2. The lowest BCUT2D eigenvalue weighted by Gasteiger charge is -2.24. The third-order valence-corrected chi connectivity index (χ3v) is 11.2. The summed E-state index contributed by atoms with van der Waals surface area (Å²) >= 11 is 0. The molecule has 3 saturated heterocycles. The minimum absolute atomic E-state index is 0.0173. The molecule has 6 N–H and O–H groups in total. The van der Waals surface area contributed by atoms with Crippen LogP contribution in [0.2, 0.25) is 0 Å². The fourth-order valence-corrected chi connectivity index (χ4v) is 7.97. The minimum Gasteiger partial charge on any atom is -0.492 e. The van der Waals surface area contributed by atoms with E-state index in [1.807, 2.05) is 18.2 Å². The van der Waals surface area contributed by atoms with Crippen LogP contribution in [0.5, 0.6) is 5.75 Å². The molecular weight excluding hydrogens is 713 g/mol. The van der Waals surface area contributed by atoms with Gasteiger partial charge in [-0.2, -0.15) is 0 Å². The van der Waals surface area contributed by atoms with Crippen molar-refractivity contribution in [3.63, 3.8) is 0 Å². The SMILES string of the molecule is [2H]C1([2H])C[C@H]([C@H](Cc2cccc(CC(=O)N(CCOc3cccc(C[C@H](C(=O)O)[C@@H]4CNC([2H])([2H])C4)c3)Cc3cccc(C[C@H](C(=O)O)[C@@H]4CNC([2H])([2H])C4)c3)c2)C(=O)O)CN1. The van der Waals surface area contributed by atoms with Gasteiger partial charge >= 0.3 is 17.9 Å². The van der Waals surface area contributed by atoms with Crippen molar-refractivity contribution in [2.45, 2.75) is 51.5 Å². The number of nitrogens with zero attached hydrogens (tertiary/aromatic N) is 1. The van der Waals surface area contributed by atoms with Crippen LogP contribution in [0.4, 0.5) is 0 Å². The second-order valence-electron chi connectivity index (χ2n) is 15.1. The van der Waals surface area contributed by atoms with E-state index >= 15 is 0 Å². The van der Waals surface area contributed by atoms with Gasteiger partial charge in [0.05, 0.1) is 30.7 Å². The van der Waals surface area contributed by atoms with Gasteiger partial charge in [-0.1, -0.05) is 60.7 Å². The van der Waals surface area contributed by atoms with E-state index < -0.39 is 67.0 Å². The highest BCUT2D eigenvalue weighted by Gasteiger charge is 2.33. The Morgan fingerprint density at radius 3 is 1.54 bits per heavy atom. The van der Waals surface area contributed by atoms with Crippen molar-refractivity contribution in [3.05, 3.63) is 101 Å². The Bertz CT molecular complexity index is 2090. The zero-order valence-electron chi connectivity index (χ0n) is 37.4. The Morgan fingerprint density at radius 2 is 1.07 bits per heavy atom. The normalized spacial score (nSPS) is 25.2. The first kappa shape index (κ1) is 33.4. The van der Waals surface area contributed by atoms with Gasteiger partial charge in [0, 0.05) is 14.8 Å². The van der Waals surface area contributed by atoms with Gasteiger partial charge < -0.3 is 40.9 Å². The molecule has 3 heterocycles. The molecule has 3 fully saturated rings. The number of rotatable bonds is 20. The zero-order valence-corrected chi connectivity index (χ0v) is 31.4. The van der Waals surface area contributed by atoms with Crippen molar-refractivity contribution in [1.82, 2.24) is 20.9 Å². The highest BCUT2D eigenvalue weighted by atomic mass is 16.5. The van der Waals surface area contributed by atoms with Crippen LogP contribution >= 0.6 is 0 Å². The van der Waals surface area contributed by atoms with Crippen LogP contribution in [0.3, 0.4) is 0 Å². The number of carboxylic acids is 3. The predicted molar refractivity (Wildman–Crippen MR) is 211 cm³/mol. The van der Waals surface area contributed by atoms with Crippen molar-refractivity contribution < 1.29 is 47.5 Å². The summed E-state index contributed by atoms with van der Waals surface area (Å²) in [4.78, 5) is 52.7. The van der Waals surface area contributed by atoms with Crippen LogP contribution < -0.4 is 20.7 Å². The Kier molecular flexibility index (Phi) is 11.8.